The fourth-order valence-corrected chi connectivity index (χ4v) is 3.42. The average molecular weight is 341 g/mol. The number of thiophene rings is 1. The lowest BCUT2D eigenvalue weighted by molar-refractivity contribution is 0.0949. The number of carbonyl (C=O) groups is 1. The van der Waals surface area contributed by atoms with Gasteiger partial charge in [-0.15, -0.1) is 11.3 Å². The molecule has 0 saturated heterocycles. The molecule has 1 amide bonds. The molecule has 1 N–H and O–H groups in total. The molecule has 0 unspecified atom stereocenters. The van der Waals surface area contributed by atoms with Gasteiger partial charge in [0.15, 0.2) is 11.5 Å². The standard InChI is InChI=1S/C17H15N3O3S/c21-17(12-4-5-14-15(9-12)23-11-22-14)18-10-13(16-3-1-8-24-16)20-7-2-6-19-20/h1-9,13H,10-11H2,(H,18,21)/t13-/m1/s1. The molecule has 3 aromatic rings. The van der Waals surface area contributed by atoms with Gasteiger partial charge in [0, 0.05) is 29.4 Å². The number of amides is 1. The summed E-state index contributed by atoms with van der Waals surface area (Å²) < 4.78 is 12.4. The lowest BCUT2D eigenvalue weighted by Crippen LogP contribution is -2.31. The van der Waals surface area contributed by atoms with Crippen LogP contribution >= 0.6 is 11.3 Å². The van der Waals surface area contributed by atoms with E-state index >= 15 is 0 Å². The number of hydrogen-bond donors (Lipinski definition) is 1. The molecule has 0 bridgehead atoms. The summed E-state index contributed by atoms with van der Waals surface area (Å²) in [7, 11) is 0. The van der Waals surface area contributed by atoms with Gasteiger partial charge in [-0.1, -0.05) is 6.07 Å². The van der Waals surface area contributed by atoms with Crippen molar-refractivity contribution in [3.05, 3.63) is 64.6 Å². The Morgan fingerprint density at radius 3 is 3.00 bits per heavy atom. The Balaban J connectivity index is 1.49. The van der Waals surface area contributed by atoms with Gasteiger partial charge in [0.05, 0.1) is 0 Å². The van der Waals surface area contributed by atoms with E-state index in [0.717, 1.165) is 4.88 Å². The fourth-order valence-electron chi connectivity index (χ4n) is 2.60. The second-order valence-electron chi connectivity index (χ2n) is 5.30. The largest absolute Gasteiger partial charge is 0.454 e. The smallest absolute Gasteiger partial charge is 0.251 e. The molecule has 6 nitrogen and oxygen atoms in total. The zero-order valence-corrected chi connectivity index (χ0v) is 13.5. The Morgan fingerprint density at radius 1 is 1.29 bits per heavy atom. The molecule has 3 heterocycles. The quantitative estimate of drug-likeness (QED) is 0.775. The van der Waals surface area contributed by atoms with E-state index in [-0.39, 0.29) is 18.7 Å². The number of nitrogens with one attached hydrogen (secondary N) is 1. The predicted octanol–water partition coefficient (Wildman–Crippen LogP) is 2.69. The van der Waals surface area contributed by atoms with Crippen LogP contribution < -0.4 is 14.8 Å². The summed E-state index contributed by atoms with van der Waals surface area (Å²) in [6, 6.07) is 11.1. The third-order valence-corrected chi connectivity index (χ3v) is 4.78. The molecule has 0 aliphatic carbocycles. The summed E-state index contributed by atoms with van der Waals surface area (Å²) in [4.78, 5) is 13.6. The maximum Gasteiger partial charge on any atom is 0.251 e. The van der Waals surface area contributed by atoms with E-state index in [1.165, 1.54) is 0 Å². The van der Waals surface area contributed by atoms with E-state index in [0.29, 0.717) is 23.6 Å². The second-order valence-corrected chi connectivity index (χ2v) is 6.27. The molecule has 122 valence electrons. The van der Waals surface area contributed by atoms with Gasteiger partial charge in [-0.25, -0.2) is 0 Å². The van der Waals surface area contributed by atoms with Crippen molar-refractivity contribution in [3.63, 3.8) is 0 Å². The van der Waals surface area contributed by atoms with Gasteiger partial charge >= 0.3 is 0 Å². The minimum atomic E-state index is -0.151. The predicted molar refractivity (Wildman–Crippen MR) is 89.6 cm³/mol. The number of fused-ring (bicyclic) bond motifs is 1. The Bertz CT molecular complexity index is 797. The third kappa shape index (κ3) is 2.85. The number of benzene rings is 1. The first-order valence-electron chi connectivity index (χ1n) is 7.51. The van der Waals surface area contributed by atoms with E-state index in [1.807, 2.05) is 34.5 Å². The van der Waals surface area contributed by atoms with Crippen LogP contribution in [0.2, 0.25) is 0 Å². The number of rotatable bonds is 5. The topological polar surface area (TPSA) is 65.4 Å². The Morgan fingerprint density at radius 2 is 2.21 bits per heavy atom. The van der Waals surface area contributed by atoms with Gasteiger partial charge in [-0.2, -0.15) is 5.10 Å². The van der Waals surface area contributed by atoms with Crippen LogP contribution in [-0.2, 0) is 0 Å². The van der Waals surface area contributed by atoms with Gasteiger partial charge in [0.2, 0.25) is 6.79 Å². The van der Waals surface area contributed by atoms with Crippen molar-refractivity contribution in [2.24, 2.45) is 0 Å². The van der Waals surface area contributed by atoms with Crippen molar-refractivity contribution in [2.75, 3.05) is 13.3 Å². The van der Waals surface area contributed by atoms with Crippen LogP contribution in [0.1, 0.15) is 21.3 Å². The molecule has 0 spiro atoms. The SMILES string of the molecule is O=C(NC[C@H](c1cccs1)n1cccn1)c1ccc2c(c1)OCO2. The molecule has 7 heteroatoms. The highest BCUT2D eigenvalue weighted by molar-refractivity contribution is 7.10. The first kappa shape index (κ1) is 14.8. The van der Waals surface area contributed by atoms with Gasteiger partial charge < -0.3 is 14.8 Å². The molecule has 1 aliphatic rings. The van der Waals surface area contributed by atoms with Crippen molar-refractivity contribution in [3.8, 4) is 11.5 Å². The maximum absolute atomic E-state index is 12.5. The maximum atomic E-state index is 12.5. The second kappa shape index (κ2) is 6.37. The monoisotopic (exact) mass is 341 g/mol. The van der Waals surface area contributed by atoms with Crippen molar-refractivity contribution in [1.82, 2.24) is 15.1 Å². The van der Waals surface area contributed by atoms with Gasteiger partial charge in [0.25, 0.3) is 5.91 Å². The van der Waals surface area contributed by atoms with Crippen molar-refractivity contribution >= 4 is 17.2 Å². The number of aromatic nitrogens is 2. The fraction of sp³-hybridized carbons (Fsp3) is 0.176. The zero-order valence-electron chi connectivity index (χ0n) is 12.7. The molecule has 1 atom stereocenters. The molecule has 0 saturated carbocycles. The van der Waals surface area contributed by atoms with Crippen LogP contribution in [0.15, 0.2) is 54.2 Å². The van der Waals surface area contributed by atoms with Crippen LogP contribution in [-0.4, -0.2) is 29.0 Å². The summed E-state index contributed by atoms with van der Waals surface area (Å²) >= 11 is 1.64. The van der Waals surface area contributed by atoms with Gasteiger partial charge in [0.1, 0.15) is 6.04 Å². The highest BCUT2D eigenvalue weighted by Crippen LogP contribution is 2.32. The molecule has 1 aromatic carbocycles. The highest BCUT2D eigenvalue weighted by Gasteiger charge is 2.19. The van der Waals surface area contributed by atoms with Crippen LogP contribution in [0.25, 0.3) is 0 Å². The Hall–Kier alpha value is -2.80. The molecule has 0 radical (unpaired) electrons. The van der Waals surface area contributed by atoms with Crippen molar-refractivity contribution in [1.29, 1.82) is 0 Å². The zero-order chi connectivity index (χ0) is 16.4. The molecule has 1 aliphatic heterocycles. The van der Waals surface area contributed by atoms with E-state index < -0.39 is 0 Å². The molecule has 24 heavy (non-hydrogen) atoms. The number of carbonyl (C=O) groups excluding carboxylic acids is 1. The van der Waals surface area contributed by atoms with Crippen LogP contribution in [0.3, 0.4) is 0 Å². The van der Waals surface area contributed by atoms with Crippen LogP contribution in [0, 0.1) is 0 Å². The molecule has 4 rings (SSSR count). The van der Waals surface area contributed by atoms with Crippen molar-refractivity contribution < 1.29 is 14.3 Å². The minimum absolute atomic E-state index is 0.0297. The first-order valence-corrected chi connectivity index (χ1v) is 8.39. The molecular weight excluding hydrogens is 326 g/mol. The Kier molecular flexibility index (Phi) is 3.92. The molecule has 2 aromatic heterocycles. The minimum Gasteiger partial charge on any atom is -0.454 e. The summed E-state index contributed by atoms with van der Waals surface area (Å²) in [6.45, 7) is 0.648. The number of ether oxygens (including phenoxy) is 2. The number of hydrogen-bond acceptors (Lipinski definition) is 5. The van der Waals surface area contributed by atoms with Crippen LogP contribution in [0.5, 0.6) is 11.5 Å². The lowest BCUT2D eigenvalue weighted by atomic mass is 10.1. The molecular formula is C17H15N3O3S. The highest BCUT2D eigenvalue weighted by atomic mass is 32.1. The van der Waals surface area contributed by atoms with Gasteiger partial charge in [-0.05, 0) is 35.7 Å². The van der Waals surface area contributed by atoms with Crippen LogP contribution in [0.4, 0.5) is 0 Å². The van der Waals surface area contributed by atoms with E-state index in [2.05, 4.69) is 10.4 Å². The van der Waals surface area contributed by atoms with Gasteiger partial charge in [-0.3, -0.25) is 9.48 Å². The summed E-state index contributed by atoms with van der Waals surface area (Å²) in [5, 5.41) is 9.30. The molecule has 0 fully saturated rings. The summed E-state index contributed by atoms with van der Waals surface area (Å²) in [5.41, 5.74) is 0.546. The van der Waals surface area contributed by atoms with Crippen molar-refractivity contribution in [2.45, 2.75) is 6.04 Å². The Labute approximate surface area is 142 Å². The third-order valence-electron chi connectivity index (χ3n) is 3.81. The summed E-state index contributed by atoms with van der Waals surface area (Å²) in [5.74, 6) is 1.12. The van der Waals surface area contributed by atoms with E-state index in [1.54, 1.807) is 35.7 Å². The summed E-state index contributed by atoms with van der Waals surface area (Å²) in [6.07, 6.45) is 3.64. The first-order chi connectivity index (χ1) is 11.8. The normalized spacial score (nSPS) is 13.7. The lowest BCUT2D eigenvalue weighted by Gasteiger charge is -2.17. The number of nitrogens with zero attached hydrogens (tertiary/aromatic N) is 2. The van der Waals surface area contributed by atoms with E-state index in [9.17, 15) is 4.79 Å². The average Bonchev–Trinajstić information content (AvgIpc) is 3.36. The van der Waals surface area contributed by atoms with E-state index in [4.69, 9.17) is 9.47 Å².